The second-order valence-corrected chi connectivity index (χ2v) is 8.28. The van der Waals surface area contributed by atoms with Crippen LogP contribution < -0.4 is 16.4 Å². The molecule has 2 aromatic rings. The number of amides is 1. The third-order valence-electron chi connectivity index (χ3n) is 4.96. The molecule has 2 aromatic heterocycles. The van der Waals surface area contributed by atoms with Crippen molar-refractivity contribution in [3.63, 3.8) is 0 Å². The zero-order valence-corrected chi connectivity index (χ0v) is 14.8. The molecular weight excluding hydrogens is 322 g/mol. The summed E-state index contributed by atoms with van der Waals surface area (Å²) in [6.45, 7) is 2.11. The molecule has 6 nitrogen and oxygen atoms in total. The molecule has 4 rings (SSSR count). The monoisotopic (exact) mass is 345 g/mol. The minimum atomic E-state index is -0.0579. The fourth-order valence-electron chi connectivity index (χ4n) is 3.48. The van der Waals surface area contributed by atoms with Crippen molar-refractivity contribution in [3.05, 3.63) is 33.8 Å². The Morgan fingerprint density at radius 2 is 2.21 bits per heavy atom. The van der Waals surface area contributed by atoms with E-state index in [4.69, 9.17) is 5.73 Å². The lowest BCUT2D eigenvalue weighted by Crippen LogP contribution is -2.49. The van der Waals surface area contributed by atoms with Crippen LogP contribution in [0.3, 0.4) is 0 Å². The van der Waals surface area contributed by atoms with Crippen molar-refractivity contribution in [1.82, 2.24) is 15.1 Å². The van der Waals surface area contributed by atoms with Crippen LogP contribution in [0.4, 0.5) is 5.69 Å². The van der Waals surface area contributed by atoms with Gasteiger partial charge in [0.15, 0.2) is 0 Å². The third kappa shape index (κ3) is 3.11. The van der Waals surface area contributed by atoms with Gasteiger partial charge in [0, 0.05) is 42.2 Å². The normalized spacial score (nSPS) is 28.5. The van der Waals surface area contributed by atoms with E-state index >= 15 is 0 Å². The first kappa shape index (κ1) is 15.8. The molecule has 24 heavy (non-hydrogen) atoms. The largest absolute Gasteiger partial charge is 0.328 e. The van der Waals surface area contributed by atoms with Crippen LogP contribution in [0.1, 0.15) is 45.3 Å². The number of aromatic nitrogens is 2. The quantitative estimate of drug-likeness (QED) is 0.773. The molecule has 2 atom stereocenters. The van der Waals surface area contributed by atoms with Crippen molar-refractivity contribution in [2.75, 3.05) is 5.32 Å². The van der Waals surface area contributed by atoms with Crippen LogP contribution in [0, 0.1) is 6.92 Å². The Kier molecular flexibility index (Phi) is 3.94. The third-order valence-corrected chi connectivity index (χ3v) is 6.02. The molecule has 0 aromatic carbocycles. The summed E-state index contributed by atoms with van der Waals surface area (Å²) < 4.78 is 1.67. The van der Waals surface area contributed by atoms with Crippen molar-refractivity contribution < 1.29 is 4.79 Å². The summed E-state index contributed by atoms with van der Waals surface area (Å²) in [5.74, 6) is 0.482. The van der Waals surface area contributed by atoms with Gasteiger partial charge in [0.05, 0.1) is 16.8 Å². The maximum absolute atomic E-state index is 12.4. The lowest BCUT2D eigenvalue weighted by atomic mass is 9.87. The van der Waals surface area contributed by atoms with Gasteiger partial charge in [-0.15, -0.1) is 11.3 Å². The molecule has 2 fully saturated rings. The van der Waals surface area contributed by atoms with Crippen molar-refractivity contribution in [2.24, 2.45) is 12.8 Å². The minimum Gasteiger partial charge on any atom is -0.328 e. The number of thiophene rings is 1. The summed E-state index contributed by atoms with van der Waals surface area (Å²) in [5, 5.41) is 10.7. The van der Waals surface area contributed by atoms with Gasteiger partial charge < -0.3 is 16.4 Å². The Hall–Kier alpha value is -1.70. The Bertz CT molecular complexity index is 761. The average molecular weight is 345 g/mol. The van der Waals surface area contributed by atoms with E-state index in [9.17, 15) is 4.79 Å². The second kappa shape index (κ2) is 5.98. The molecule has 7 heteroatoms. The zero-order valence-electron chi connectivity index (χ0n) is 14.0. The van der Waals surface area contributed by atoms with Crippen LogP contribution in [-0.4, -0.2) is 33.8 Å². The standard InChI is InChI=1S/C17H23N5OS/c1-9-13(14-5-15(14)20-11-3-10(18)4-11)6-16(24-9)17(23)21-12-7-19-22(2)8-12/h6-8,10-11,14-15,20H,3-5,18H2,1-2H3,(H,21,23). The molecule has 1 amide bonds. The van der Waals surface area contributed by atoms with Gasteiger partial charge in [-0.1, -0.05) is 0 Å². The van der Waals surface area contributed by atoms with E-state index in [1.54, 1.807) is 28.4 Å². The molecule has 2 unspecified atom stereocenters. The van der Waals surface area contributed by atoms with E-state index in [1.807, 2.05) is 7.05 Å². The predicted octanol–water partition coefficient (Wildman–Crippen LogP) is 1.98. The van der Waals surface area contributed by atoms with Crippen molar-refractivity contribution >= 4 is 22.9 Å². The van der Waals surface area contributed by atoms with E-state index in [0.717, 1.165) is 29.8 Å². The van der Waals surface area contributed by atoms with E-state index in [2.05, 4.69) is 28.7 Å². The number of hydrogen-bond acceptors (Lipinski definition) is 5. The molecule has 4 N–H and O–H groups in total. The SMILES string of the molecule is Cc1sc(C(=O)Nc2cnn(C)c2)cc1C1CC1NC1CC(N)C1. The van der Waals surface area contributed by atoms with Crippen LogP contribution >= 0.6 is 11.3 Å². The number of aryl methyl sites for hydroxylation is 2. The molecule has 2 saturated carbocycles. The zero-order chi connectivity index (χ0) is 16.8. The fraction of sp³-hybridized carbons (Fsp3) is 0.529. The van der Waals surface area contributed by atoms with Gasteiger partial charge in [-0.3, -0.25) is 9.48 Å². The Morgan fingerprint density at radius 1 is 1.42 bits per heavy atom. The summed E-state index contributed by atoms with van der Waals surface area (Å²) in [6, 6.07) is 3.57. The van der Waals surface area contributed by atoms with Crippen molar-refractivity contribution in [1.29, 1.82) is 0 Å². The fourth-order valence-corrected chi connectivity index (χ4v) is 4.47. The number of nitrogens with one attached hydrogen (secondary N) is 2. The van der Waals surface area contributed by atoms with Crippen molar-refractivity contribution in [2.45, 2.75) is 50.2 Å². The highest BCUT2D eigenvalue weighted by Crippen LogP contribution is 2.45. The number of rotatable bonds is 5. The van der Waals surface area contributed by atoms with Gasteiger partial charge in [0.25, 0.3) is 5.91 Å². The van der Waals surface area contributed by atoms with Crippen molar-refractivity contribution in [3.8, 4) is 0 Å². The molecule has 0 radical (unpaired) electrons. The van der Waals surface area contributed by atoms with Crippen LogP contribution in [0.5, 0.6) is 0 Å². The van der Waals surface area contributed by atoms with Gasteiger partial charge in [-0.05, 0) is 37.8 Å². The highest BCUT2D eigenvalue weighted by molar-refractivity contribution is 7.14. The first-order valence-corrected chi connectivity index (χ1v) is 9.23. The number of hydrogen-bond donors (Lipinski definition) is 3. The molecule has 0 aliphatic heterocycles. The highest BCUT2D eigenvalue weighted by atomic mass is 32.1. The number of nitrogens with two attached hydrogens (primary N) is 1. The van der Waals surface area contributed by atoms with Crippen LogP contribution in [0.15, 0.2) is 18.5 Å². The molecule has 128 valence electrons. The maximum atomic E-state index is 12.4. The highest BCUT2D eigenvalue weighted by Gasteiger charge is 2.42. The van der Waals surface area contributed by atoms with Gasteiger partial charge in [-0.2, -0.15) is 5.10 Å². The Labute approximate surface area is 145 Å². The van der Waals surface area contributed by atoms with E-state index in [0.29, 0.717) is 24.0 Å². The molecule has 0 bridgehead atoms. The second-order valence-electron chi connectivity index (χ2n) is 7.02. The molecule has 0 spiro atoms. The molecule has 2 heterocycles. The first-order chi connectivity index (χ1) is 11.5. The van der Waals surface area contributed by atoms with E-state index in [-0.39, 0.29) is 5.91 Å². The van der Waals surface area contributed by atoms with Gasteiger partial charge in [0.1, 0.15) is 0 Å². The molecule has 2 aliphatic carbocycles. The minimum absolute atomic E-state index is 0.0579. The van der Waals surface area contributed by atoms with Crippen LogP contribution in [0.2, 0.25) is 0 Å². The smallest absolute Gasteiger partial charge is 0.265 e. The lowest BCUT2D eigenvalue weighted by molar-refractivity contribution is 0.103. The summed E-state index contributed by atoms with van der Waals surface area (Å²) in [7, 11) is 1.83. The van der Waals surface area contributed by atoms with E-state index in [1.165, 1.54) is 10.4 Å². The average Bonchev–Trinajstić information content (AvgIpc) is 2.95. The first-order valence-electron chi connectivity index (χ1n) is 8.41. The molecule has 2 aliphatic rings. The summed E-state index contributed by atoms with van der Waals surface area (Å²) >= 11 is 1.57. The van der Waals surface area contributed by atoms with Crippen LogP contribution in [-0.2, 0) is 7.05 Å². The number of anilines is 1. The summed E-state index contributed by atoms with van der Waals surface area (Å²) in [5.41, 5.74) is 7.89. The Balaban J connectivity index is 1.38. The van der Waals surface area contributed by atoms with E-state index < -0.39 is 0 Å². The lowest BCUT2D eigenvalue weighted by Gasteiger charge is -2.33. The van der Waals surface area contributed by atoms with Gasteiger partial charge in [0.2, 0.25) is 0 Å². The van der Waals surface area contributed by atoms with Gasteiger partial charge >= 0.3 is 0 Å². The summed E-state index contributed by atoms with van der Waals surface area (Å²) in [6.07, 6.45) is 6.79. The van der Waals surface area contributed by atoms with Crippen LogP contribution in [0.25, 0.3) is 0 Å². The molecular formula is C17H23N5OS. The number of carbonyl (C=O) groups excluding carboxylic acids is 1. The molecule has 0 saturated heterocycles. The topological polar surface area (TPSA) is 85.0 Å². The Morgan fingerprint density at radius 3 is 2.88 bits per heavy atom. The predicted molar refractivity (Wildman–Crippen MR) is 95.5 cm³/mol. The number of carbonyl (C=O) groups is 1. The number of nitrogens with zero attached hydrogens (tertiary/aromatic N) is 2. The van der Waals surface area contributed by atoms with Gasteiger partial charge in [-0.25, -0.2) is 0 Å². The summed E-state index contributed by atoms with van der Waals surface area (Å²) in [4.78, 5) is 14.4. The maximum Gasteiger partial charge on any atom is 0.265 e.